The van der Waals surface area contributed by atoms with Crippen LogP contribution in [0.5, 0.6) is 11.5 Å². The van der Waals surface area contributed by atoms with E-state index in [-0.39, 0.29) is 5.57 Å². The van der Waals surface area contributed by atoms with Gasteiger partial charge in [-0.1, -0.05) is 46.6 Å². The molecule has 1 aliphatic rings. The van der Waals surface area contributed by atoms with Gasteiger partial charge < -0.3 is 9.47 Å². The summed E-state index contributed by atoms with van der Waals surface area (Å²) in [7, 11) is 0. The van der Waals surface area contributed by atoms with Gasteiger partial charge in [0, 0.05) is 15.1 Å². The second-order valence-corrected chi connectivity index (χ2v) is 9.25. The number of carbonyl (C=O) groups is 3. The predicted molar refractivity (Wildman–Crippen MR) is 141 cm³/mol. The molecule has 7 nitrogen and oxygen atoms in total. The van der Waals surface area contributed by atoms with Crippen molar-refractivity contribution in [1.82, 2.24) is 5.32 Å². The summed E-state index contributed by atoms with van der Waals surface area (Å²) >= 11 is 9.31. The van der Waals surface area contributed by atoms with Crippen LogP contribution in [0.2, 0.25) is 5.02 Å². The molecule has 9 heteroatoms. The molecule has 0 saturated carbocycles. The van der Waals surface area contributed by atoms with E-state index in [1.807, 2.05) is 25.1 Å². The van der Waals surface area contributed by atoms with E-state index in [4.69, 9.17) is 21.1 Å². The molecule has 1 heterocycles. The number of hydrogen-bond donors (Lipinski definition) is 1. The van der Waals surface area contributed by atoms with Crippen molar-refractivity contribution in [3.8, 4) is 11.5 Å². The SMILES string of the molecule is CCCOc1ccc(Br)cc1/C=C1\C(=O)NC(=O)N(c2ccc(OCc3ccc(Cl)cc3)cc2)C1=O. The number of imide groups is 2. The largest absolute Gasteiger partial charge is 0.493 e. The van der Waals surface area contributed by atoms with E-state index in [1.54, 1.807) is 48.5 Å². The first-order valence-corrected chi connectivity index (χ1v) is 12.3. The van der Waals surface area contributed by atoms with Crippen LogP contribution in [0.4, 0.5) is 10.5 Å². The fraction of sp³-hybridized carbons (Fsp3) is 0.148. The number of halogens is 2. The number of nitrogens with zero attached hydrogens (tertiary/aromatic N) is 1. The molecule has 184 valence electrons. The van der Waals surface area contributed by atoms with Crippen LogP contribution in [0, 0.1) is 0 Å². The Morgan fingerprint density at radius 2 is 1.69 bits per heavy atom. The first kappa shape index (κ1) is 25.5. The minimum absolute atomic E-state index is 0.183. The Bertz CT molecular complexity index is 1320. The Labute approximate surface area is 221 Å². The zero-order valence-corrected chi connectivity index (χ0v) is 21.6. The molecule has 0 bridgehead atoms. The smallest absolute Gasteiger partial charge is 0.335 e. The van der Waals surface area contributed by atoms with Gasteiger partial charge in [-0.3, -0.25) is 14.9 Å². The van der Waals surface area contributed by atoms with Crippen LogP contribution in [0.15, 0.2) is 76.8 Å². The molecule has 0 unspecified atom stereocenters. The van der Waals surface area contributed by atoms with Crippen molar-refractivity contribution < 1.29 is 23.9 Å². The molecule has 1 fully saturated rings. The van der Waals surface area contributed by atoms with E-state index in [0.717, 1.165) is 21.4 Å². The van der Waals surface area contributed by atoms with E-state index in [1.165, 1.54) is 6.08 Å². The van der Waals surface area contributed by atoms with Gasteiger partial charge in [-0.15, -0.1) is 0 Å². The topological polar surface area (TPSA) is 84.9 Å². The highest BCUT2D eigenvalue weighted by Gasteiger charge is 2.37. The molecule has 0 radical (unpaired) electrons. The Morgan fingerprint density at radius 1 is 0.972 bits per heavy atom. The molecular formula is C27H22BrClN2O5. The lowest BCUT2D eigenvalue weighted by Crippen LogP contribution is -2.54. The normalized spacial score (nSPS) is 14.7. The number of hydrogen-bond acceptors (Lipinski definition) is 5. The van der Waals surface area contributed by atoms with Gasteiger partial charge in [0.1, 0.15) is 23.7 Å². The van der Waals surface area contributed by atoms with Gasteiger partial charge in [-0.05, 0) is 72.7 Å². The van der Waals surface area contributed by atoms with Crippen molar-refractivity contribution in [3.63, 3.8) is 0 Å². The van der Waals surface area contributed by atoms with Gasteiger partial charge in [0.2, 0.25) is 0 Å². The molecule has 1 N–H and O–H groups in total. The molecule has 0 atom stereocenters. The van der Waals surface area contributed by atoms with Gasteiger partial charge in [0.05, 0.1) is 12.3 Å². The Balaban J connectivity index is 1.55. The lowest BCUT2D eigenvalue weighted by molar-refractivity contribution is -0.122. The molecular weight excluding hydrogens is 548 g/mol. The fourth-order valence-electron chi connectivity index (χ4n) is 3.46. The maximum absolute atomic E-state index is 13.3. The van der Waals surface area contributed by atoms with Gasteiger partial charge in [0.15, 0.2) is 0 Å². The predicted octanol–water partition coefficient (Wildman–Crippen LogP) is 6.14. The van der Waals surface area contributed by atoms with Gasteiger partial charge in [0.25, 0.3) is 11.8 Å². The summed E-state index contributed by atoms with van der Waals surface area (Å²) in [4.78, 5) is 39.3. The van der Waals surface area contributed by atoms with Crippen LogP contribution in [0.25, 0.3) is 6.08 Å². The van der Waals surface area contributed by atoms with Crippen LogP contribution in [-0.2, 0) is 16.2 Å². The first-order valence-electron chi connectivity index (χ1n) is 11.2. The van der Waals surface area contributed by atoms with E-state index >= 15 is 0 Å². The molecule has 4 rings (SSSR count). The van der Waals surface area contributed by atoms with Crippen molar-refractivity contribution in [2.24, 2.45) is 0 Å². The Morgan fingerprint density at radius 3 is 2.39 bits per heavy atom. The highest BCUT2D eigenvalue weighted by molar-refractivity contribution is 9.10. The van der Waals surface area contributed by atoms with E-state index in [0.29, 0.717) is 41.0 Å². The minimum atomic E-state index is -0.825. The van der Waals surface area contributed by atoms with Crippen LogP contribution < -0.4 is 19.7 Å². The minimum Gasteiger partial charge on any atom is -0.493 e. The average Bonchev–Trinajstić information content (AvgIpc) is 2.86. The molecule has 36 heavy (non-hydrogen) atoms. The monoisotopic (exact) mass is 568 g/mol. The Hall–Kier alpha value is -3.62. The third-order valence-electron chi connectivity index (χ3n) is 5.25. The lowest BCUT2D eigenvalue weighted by atomic mass is 10.1. The van der Waals surface area contributed by atoms with E-state index < -0.39 is 17.8 Å². The molecule has 0 aromatic heterocycles. The third kappa shape index (κ3) is 5.95. The summed E-state index contributed by atoms with van der Waals surface area (Å²) in [5, 5.41) is 2.88. The van der Waals surface area contributed by atoms with Crippen LogP contribution in [-0.4, -0.2) is 24.5 Å². The number of ether oxygens (including phenoxy) is 2. The number of barbiturate groups is 1. The summed E-state index contributed by atoms with van der Waals surface area (Å²) in [5.74, 6) is -0.429. The zero-order valence-electron chi connectivity index (χ0n) is 19.3. The fourth-order valence-corrected chi connectivity index (χ4v) is 3.97. The van der Waals surface area contributed by atoms with Gasteiger partial charge in [-0.25, -0.2) is 9.69 Å². The number of rotatable bonds is 8. The van der Waals surface area contributed by atoms with Crippen molar-refractivity contribution in [3.05, 3.63) is 92.9 Å². The van der Waals surface area contributed by atoms with E-state index in [2.05, 4.69) is 21.2 Å². The van der Waals surface area contributed by atoms with Crippen molar-refractivity contribution >= 4 is 57.1 Å². The number of benzene rings is 3. The average molecular weight is 570 g/mol. The number of nitrogens with one attached hydrogen (secondary N) is 1. The molecule has 3 aromatic rings. The highest BCUT2D eigenvalue weighted by Crippen LogP contribution is 2.29. The molecule has 0 aliphatic carbocycles. The Kier molecular flexibility index (Phi) is 8.07. The molecule has 0 spiro atoms. The standard InChI is InChI=1S/C27H22BrClN2O5/c1-2-13-35-24-12-5-19(28)14-18(24)15-23-25(32)30-27(34)31(26(23)33)21-8-10-22(11-9-21)36-16-17-3-6-20(29)7-4-17/h3-12,14-15H,2,13,16H2,1H3,(H,30,32,34)/b23-15+. The number of carbonyl (C=O) groups excluding carboxylic acids is 3. The summed E-state index contributed by atoms with van der Waals surface area (Å²) in [6.45, 7) is 2.79. The third-order valence-corrected chi connectivity index (χ3v) is 5.99. The van der Waals surface area contributed by atoms with Crippen LogP contribution >= 0.6 is 27.5 Å². The van der Waals surface area contributed by atoms with Crippen LogP contribution in [0.3, 0.4) is 0 Å². The second kappa shape index (κ2) is 11.4. The number of anilines is 1. The summed E-state index contributed by atoms with van der Waals surface area (Å²) in [5.41, 5.74) is 1.59. The molecule has 4 amide bonds. The van der Waals surface area contributed by atoms with Crippen molar-refractivity contribution in [2.75, 3.05) is 11.5 Å². The van der Waals surface area contributed by atoms with Gasteiger partial charge >= 0.3 is 6.03 Å². The van der Waals surface area contributed by atoms with Crippen LogP contribution in [0.1, 0.15) is 24.5 Å². The van der Waals surface area contributed by atoms with Crippen molar-refractivity contribution in [1.29, 1.82) is 0 Å². The molecule has 1 aliphatic heterocycles. The maximum atomic E-state index is 13.3. The maximum Gasteiger partial charge on any atom is 0.335 e. The molecule has 1 saturated heterocycles. The van der Waals surface area contributed by atoms with Crippen molar-refractivity contribution in [2.45, 2.75) is 20.0 Å². The summed E-state index contributed by atoms with van der Waals surface area (Å²) in [6, 6.07) is 18.2. The first-order chi connectivity index (χ1) is 17.4. The number of amides is 4. The second-order valence-electron chi connectivity index (χ2n) is 7.90. The lowest BCUT2D eigenvalue weighted by Gasteiger charge is -2.26. The molecule has 3 aromatic carbocycles. The van der Waals surface area contributed by atoms with E-state index in [9.17, 15) is 14.4 Å². The zero-order chi connectivity index (χ0) is 25.7. The number of urea groups is 1. The quantitative estimate of drug-likeness (QED) is 0.260. The van der Waals surface area contributed by atoms with Gasteiger partial charge in [-0.2, -0.15) is 0 Å². The highest BCUT2D eigenvalue weighted by atomic mass is 79.9. The summed E-state index contributed by atoms with van der Waals surface area (Å²) in [6.07, 6.45) is 2.23. The summed E-state index contributed by atoms with van der Waals surface area (Å²) < 4.78 is 12.3.